The number of aromatic nitrogens is 3. The van der Waals surface area contributed by atoms with Crippen molar-refractivity contribution in [3.05, 3.63) is 24.3 Å². The highest BCUT2D eigenvalue weighted by Crippen LogP contribution is 1.95. The number of guanidine groups is 1. The summed E-state index contributed by atoms with van der Waals surface area (Å²) in [7, 11) is 0. The van der Waals surface area contributed by atoms with Crippen molar-refractivity contribution in [1.29, 1.82) is 0 Å². The third kappa shape index (κ3) is 5.86. The van der Waals surface area contributed by atoms with Crippen LogP contribution in [0.1, 0.15) is 33.5 Å². The lowest BCUT2D eigenvalue weighted by Crippen LogP contribution is -2.42. The average molecular weight is 278 g/mol. The minimum absolute atomic E-state index is 0.340. The SMILES string of the molecule is C=C(C)CN=C(NCCn1cnnc1CC)NC(C)C. The van der Waals surface area contributed by atoms with Crippen molar-refractivity contribution < 1.29 is 0 Å². The first-order chi connectivity index (χ1) is 9.52. The number of hydrogen-bond donors (Lipinski definition) is 2. The minimum Gasteiger partial charge on any atom is -0.355 e. The van der Waals surface area contributed by atoms with Gasteiger partial charge in [-0.25, -0.2) is 4.99 Å². The molecule has 1 aromatic heterocycles. The fourth-order valence-electron chi connectivity index (χ4n) is 1.67. The summed E-state index contributed by atoms with van der Waals surface area (Å²) in [5.74, 6) is 1.82. The molecule has 20 heavy (non-hydrogen) atoms. The second-order valence-corrected chi connectivity index (χ2v) is 5.14. The molecule has 0 radical (unpaired) electrons. The van der Waals surface area contributed by atoms with E-state index in [-0.39, 0.29) is 0 Å². The Morgan fingerprint density at radius 2 is 2.25 bits per heavy atom. The molecular weight excluding hydrogens is 252 g/mol. The van der Waals surface area contributed by atoms with Crippen molar-refractivity contribution in [3.8, 4) is 0 Å². The summed E-state index contributed by atoms with van der Waals surface area (Å²) < 4.78 is 2.05. The number of hydrogen-bond acceptors (Lipinski definition) is 3. The standard InChI is InChI=1S/C14H26N6/c1-6-13-19-17-10-20(13)8-7-15-14(18-12(4)5)16-9-11(2)3/h10,12H,2,6-9H2,1,3-5H3,(H2,15,16,18). The van der Waals surface area contributed by atoms with Gasteiger partial charge in [0.25, 0.3) is 0 Å². The Bertz CT molecular complexity index is 446. The molecule has 0 atom stereocenters. The Balaban J connectivity index is 2.49. The van der Waals surface area contributed by atoms with E-state index in [2.05, 4.69) is 57.7 Å². The Labute approximate surface area is 121 Å². The molecule has 0 spiro atoms. The first-order valence-corrected chi connectivity index (χ1v) is 7.08. The van der Waals surface area contributed by atoms with Crippen molar-refractivity contribution in [2.24, 2.45) is 4.99 Å². The topological polar surface area (TPSA) is 67.1 Å². The van der Waals surface area contributed by atoms with E-state index in [4.69, 9.17) is 0 Å². The van der Waals surface area contributed by atoms with E-state index in [0.29, 0.717) is 12.6 Å². The fraction of sp³-hybridized carbons (Fsp3) is 0.643. The summed E-state index contributed by atoms with van der Waals surface area (Å²) in [5, 5.41) is 14.6. The van der Waals surface area contributed by atoms with Gasteiger partial charge in [0.2, 0.25) is 0 Å². The van der Waals surface area contributed by atoms with E-state index in [1.54, 1.807) is 6.33 Å². The van der Waals surface area contributed by atoms with Gasteiger partial charge < -0.3 is 15.2 Å². The molecule has 0 saturated heterocycles. The van der Waals surface area contributed by atoms with Crippen molar-refractivity contribution in [2.75, 3.05) is 13.1 Å². The fourth-order valence-corrected chi connectivity index (χ4v) is 1.67. The van der Waals surface area contributed by atoms with Crippen LogP contribution in [0.3, 0.4) is 0 Å². The quantitative estimate of drug-likeness (QED) is 0.449. The monoisotopic (exact) mass is 278 g/mol. The van der Waals surface area contributed by atoms with Gasteiger partial charge in [-0.05, 0) is 20.8 Å². The molecule has 0 aliphatic carbocycles. The van der Waals surface area contributed by atoms with E-state index in [1.165, 1.54) is 0 Å². The predicted octanol–water partition coefficient (Wildman–Crippen LogP) is 1.36. The third-order valence-corrected chi connectivity index (χ3v) is 2.59. The van der Waals surface area contributed by atoms with Gasteiger partial charge in [0.1, 0.15) is 12.2 Å². The first-order valence-electron chi connectivity index (χ1n) is 7.08. The van der Waals surface area contributed by atoms with E-state index < -0.39 is 0 Å². The Hall–Kier alpha value is -1.85. The highest BCUT2D eigenvalue weighted by Gasteiger charge is 2.03. The Morgan fingerprint density at radius 3 is 2.85 bits per heavy atom. The third-order valence-electron chi connectivity index (χ3n) is 2.59. The molecule has 1 aromatic rings. The van der Waals surface area contributed by atoms with Crippen LogP contribution in [0.4, 0.5) is 0 Å². The number of aryl methyl sites for hydroxylation is 1. The van der Waals surface area contributed by atoms with Crippen LogP contribution in [-0.4, -0.2) is 39.9 Å². The van der Waals surface area contributed by atoms with Crippen LogP contribution >= 0.6 is 0 Å². The maximum atomic E-state index is 4.48. The maximum Gasteiger partial charge on any atom is 0.191 e. The van der Waals surface area contributed by atoms with Gasteiger partial charge in [-0.15, -0.1) is 10.2 Å². The summed E-state index contributed by atoms with van der Waals surface area (Å²) in [4.78, 5) is 4.48. The van der Waals surface area contributed by atoms with Crippen molar-refractivity contribution in [3.63, 3.8) is 0 Å². The predicted molar refractivity (Wildman–Crippen MR) is 82.8 cm³/mol. The molecule has 2 N–H and O–H groups in total. The van der Waals surface area contributed by atoms with Gasteiger partial charge in [-0.1, -0.05) is 19.1 Å². The second kappa shape index (κ2) is 8.35. The van der Waals surface area contributed by atoms with E-state index in [1.807, 2.05) is 6.92 Å². The molecule has 0 aromatic carbocycles. The molecule has 0 aliphatic rings. The van der Waals surface area contributed by atoms with Crippen LogP contribution in [0.2, 0.25) is 0 Å². The molecule has 1 heterocycles. The van der Waals surface area contributed by atoms with Gasteiger partial charge in [-0.2, -0.15) is 0 Å². The number of aliphatic imine (C=N–C) groups is 1. The van der Waals surface area contributed by atoms with Gasteiger partial charge in [0.05, 0.1) is 6.54 Å². The number of rotatable bonds is 7. The molecule has 0 fully saturated rings. The van der Waals surface area contributed by atoms with Crippen LogP contribution in [0.5, 0.6) is 0 Å². The number of nitrogens with zero attached hydrogens (tertiary/aromatic N) is 4. The van der Waals surface area contributed by atoms with Crippen LogP contribution < -0.4 is 10.6 Å². The van der Waals surface area contributed by atoms with Crippen LogP contribution in [-0.2, 0) is 13.0 Å². The molecule has 0 saturated carbocycles. The zero-order valence-corrected chi connectivity index (χ0v) is 13.0. The summed E-state index contributed by atoms with van der Waals surface area (Å²) in [6, 6.07) is 0.340. The molecule has 1 rings (SSSR count). The molecule has 0 amide bonds. The van der Waals surface area contributed by atoms with Gasteiger partial charge in [0.15, 0.2) is 5.96 Å². The molecule has 112 valence electrons. The van der Waals surface area contributed by atoms with E-state index in [9.17, 15) is 0 Å². The largest absolute Gasteiger partial charge is 0.355 e. The molecule has 6 heteroatoms. The van der Waals surface area contributed by atoms with Crippen LogP contribution in [0, 0.1) is 0 Å². The van der Waals surface area contributed by atoms with Gasteiger partial charge in [0, 0.05) is 25.6 Å². The Kier molecular flexibility index (Phi) is 6.76. The van der Waals surface area contributed by atoms with Crippen LogP contribution in [0.25, 0.3) is 0 Å². The van der Waals surface area contributed by atoms with Crippen molar-refractivity contribution in [1.82, 2.24) is 25.4 Å². The summed E-state index contributed by atoms with van der Waals surface area (Å²) >= 11 is 0. The van der Waals surface area contributed by atoms with Gasteiger partial charge in [-0.3, -0.25) is 0 Å². The van der Waals surface area contributed by atoms with E-state index >= 15 is 0 Å². The zero-order chi connectivity index (χ0) is 15.0. The highest BCUT2D eigenvalue weighted by molar-refractivity contribution is 5.80. The average Bonchev–Trinajstić information content (AvgIpc) is 2.82. The minimum atomic E-state index is 0.340. The normalized spacial score (nSPS) is 11.8. The smallest absolute Gasteiger partial charge is 0.191 e. The molecule has 0 unspecified atom stereocenters. The molecular formula is C14H26N6. The molecule has 0 aliphatic heterocycles. The van der Waals surface area contributed by atoms with Crippen LogP contribution in [0.15, 0.2) is 23.5 Å². The second-order valence-electron chi connectivity index (χ2n) is 5.14. The highest BCUT2D eigenvalue weighted by atomic mass is 15.3. The summed E-state index contributed by atoms with van der Waals surface area (Å²) in [6.45, 7) is 14.3. The zero-order valence-electron chi connectivity index (χ0n) is 13.0. The first kappa shape index (κ1) is 16.2. The Morgan fingerprint density at radius 1 is 1.50 bits per heavy atom. The lowest BCUT2D eigenvalue weighted by atomic mass is 10.3. The van der Waals surface area contributed by atoms with E-state index in [0.717, 1.165) is 36.9 Å². The van der Waals surface area contributed by atoms with Gasteiger partial charge >= 0.3 is 0 Å². The molecule has 0 bridgehead atoms. The lowest BCUT2D eigenvalue weighted by Gasteiger charge is -2.15. The van der Waals surface area contributed by atoms with Crippen molar-refractivity contribution in [2.45, 2.75) is 46.7 Å². The van der Waals surface area contributed by atoms with Crippen molar-refractivity contribution >= 4 is 5.96 Å². The summed E-state index contributed by atoms with van der Waals surface area (Å²) in [6.07, 6.45) is 2.65. The maximum absolute atomic E-state index is 4.48. The molecule has 6 nitrogen and oxygen atoms in total. The summed E-state index contributed by atoms with van der Waals surface area (Å²) in [5.41, 5.74) is 1.04. The number of nitrogens with one attached hydrogen (secondary N) is 2. The lowest BCUT2D eigenvalue weighted by molar-refractivity contribution is 0.622.